The molecule has 0 bridgehead atoms. The van der Waals surface area contributed by atoms with Crippen molar-refractivity contribution in [3.63, 3.8) is 0 Å². The number of aliphatic hydroxyl groups excluding tert-OH is 1. The number of hydrogen-bond acceptors (Lipinski definition) is 4. The van der Waals surface area contributed by atoms with Crippen LogP contribution in [0.1, 0.15) is 23.6 Å². The second-order valence-electron chi connectivity index (χ2n) is 7.39. The van der Waals surface area contributed by atoms with Crippen molar-refractivity contribution >= 4 is 31.6 Å². The predicted octanol–water partition coefficient (Wildman–Crippen LogP) is 3.32. The molecule has 1 saturated heterocycles. The van der Waals surface area contributed by atoms with Crippen molar-refractivity contribution in [3.8, 4) is 0 Å². The molecule has 0 spiro atoms. The molecule has 144 valence electrons. The molecule has 7 heteroatoms. The van der Waals surface area contributed by atoms with Gasteiger partial charge in [-0.2, -0.15) is 4.31 Å². The predicted molar refractivity (Wildman–Crippen MR) is 109 cm³/mol. The van der Waals surface area contributed by atoms with E-state index in [0.29, 0.717) is 11.4 Å². The van der Waals surface area contributed by atoms with Gasteiger partial charge >= 0.3 is 0 Å². The number of rotatable bonds is 3. The molecule has 1 N–H and O–H groups in total. The highest BCUT2D eigenvalue weighted by molar-refractivity contribution is 9.10. The van der Waals surface area contributed by atoms with Crippen LogP contribution in [0.4, 0.5) is 5.69 Å². The van der Waals surface area contributed by atoms with Crippen LogP contribution in [0.2, 0.25) is 0 Å². The maximum absolute atomic E-state index is 13.5. The van der Waals surface area contributed by atoms with Crippen LogP contribution >= 0.6 is 15.9 Å². The highest BCUT2D eigenvalue weighted by Gasteiger charge is 2.50. The third-order valence-electron chi connectivity index (χ3n) is 5.86. The first-order valence-electron chi connectivity index (χ1n) is 9.06. The summed E-state index contributed by atoms with van der Waals surface area (Å²) in [4.78, 5) is 2.42. The number of sulfonamides is 1. The van der Waals surface area contributed by atoms with Gasteiger partial charge in [-0.15, -0.1) is 0 Å². The van der Waals surface area contributed by atoms with Crippen LogP contribution in [-0.2, 0) is 10.0 Å². The van der Waals surface area contributed by atoms with E-state index < -0.39 is 10.0 Å². The molecule has 0 radical (unpaired) electrons. The topological polar surface area (TPSA) is 60.9 Å². The van der Waals surface area contributed by atoms with Crippen molar-refractivity contribution in [2.45, 2.75) is 30.3 Å². The van der Waals surface area contributed by atoms with E-state index >= 15 is 0 Å². The average Bonchev–Trinajstić information content (AvgIpc) is 3.08. The van der Waals surface area contributed by atoms with Crippen LogP contribution < -0.4 is 4.90 Å². The van der Waals surface area contributed by atoms with Gasteiger partial charge in [-0.1, -0.05) is 28.1 Å². The Bertz CT molecular complexity index is 979. The van der Waals surface area contributed by atoms with Crippen molar-refractivity contribution in [2.75, 3.05) is 25.1 Å². The smallest absolute Gasteiger partial charge is 0.243 e. The van der Waals surface area contributed by atoms with Crippen molar-refractivity contribution in [2.24, 2.45) is 5.92 Å². The molecule has 2 heterocycles. The lowest BCUT2D eigenvalue weighted by Gasteiger charge is -2.44. The van der Waals surface area contributed by atoms with Gasteiger partial charge < -0.3 is 10.0 Å². The third kappa shape index (κ3) is 3.01. The van der Waals surface area contributed by atoms with Crippen LogP contribution in [0.5, 0.6) is 0 Å². The summed E-state index contributed by atoms with van der Waals surface area (Å²) in [6.07, 6.45) is 0.733. The summed E-state index contributed by atoms with van der Waals surface area (Å²) >= 11 is 3.53. The minimum atomic E-state index is -3.62. The Balaban J connectivity index is 1.85. The van der Waals surface area contributed by atoms with E-state index in [1.54, 1.807) is 22.5 Å². The molecule has 0 amide bonds. The fourth-order valence-electron chi connectivity index (χ4n) is 4.56. The van der Waals surface area contributed by atoms with Gasteiger partial charge in [-0.05, 0) is 54.8 Å². The molecule has 2 aromatic rings. The van der Waals surface area contributed by atoms with Crippen molar-refractivity contribution in [1.82, 2.24) is 4.31 Å². The highest BCUT2D eigenvalue weighted by atomic mass is 79.9. The Morgan fingerprint density at radius 1 is 1.22 bits per heavy atom. The number of likely N-dealkylation sites (N-methyl/N-ethyl adjacent to an activating group) is 1. The van der Waals surface area contributed by atoms with E-state index in [-0.39, 0.29) is 24.6 Å². The molecular formula is C20H23BrN2O3S. The molecule has 3 atom stereocenters. The van der Waals surface area contributed by atoms with Gasteiger partial charge in [0.25, 0.3) is 0 Å². The summed E-state index contributed by atoms with van der Waals surface area (Å²) in [5, 5.41) is 10.0. The normalized spacial score (nSPS) is 25.3. The third-order valence-corrected chi connectivity index (χ3v) is 8.23. The largest absolute Gasteiger partial charge is 0.394 e. The van der Waals surface area contributed by atoms with Gasteiger partial charge in [-0.25, -0.2) is 8.42 Å². The minimum absolute atomic E-state index is 0.00546. The first-order valence-corrected chi connectivity index (χ1v) is 11.3. The minimum Gasteiger partial charge on any atom is -0.394 e. The number of aliphatic hydroxyl groups is 1. The Morgan fingerprint density at radius 2 is 2.00 bits per heavy atom. The number of nitrogens with zero attached hydrogens (tertiary/aromatic N) is 2. The van der Waals surface area contributed by atoms with Gasteiger partial charge in [0.1, 0.15) is 0 Å². The molecule has 0 aromatic heterocycles. The van der Waals surface area contributed by atoms with Crippen LogP contribution in [0.3, 0.4) is 0 Å². The van der Waals surface area contributed by atoms with E-state index in [0.717, 1.165) is 27.7 Å². The molecule has 0 saturated carbocycles. The van der Waals surface area contributed by atoms with E-state index in [4.69, 9.17) is 0 Å². The molecule has 1 fully saturated rings. The number of aryl methyl sites for hydroxylation is 1. The summed E-state index contributed by atoms with van der Waals surface area (Å²) in [6, 6.07) is 12.7. The Morgan fingerprint density at radius 3 is 2.70 bits per heavy atom. The summed E-state index contributed by atoms with van der Waals surface area (Å²) in [7, 11) is -1.64. The van der Waals surface area contributed by atoms with Crippen molar-refractivity contribution < 1.29 is 13.5 Å². The van der Waals surface area contributed by atoms with Crippen LogP contribution in [0, 0.1) is 12.8 Å². The molecule has 27 heavy (non-hydrogen) atoms. The van der Waals surface area contributed by atoms with Gasteiger partial charge in [0, 0.05) is 29.7 Å². The number of fused-ring (bicyclic) bond motifs is 3. The van der Waals surface area contributed by atoms with Gasteiger partial charge in [0.2, 0.25) is 10.0 Å². The van der Waals surface area contributed by atoms with E-state index in [9.17, 15) is 13.5 Å². The fraction of sp³-hybridized carbons (Fsp3) is 0.400. The summed E-state index contributed by atoms with van der Waals surface area (Å²) in [5.74, 6) is 0.0568. The standard InChI is InChI=1S/C20H23BrN2O3S/c1-13-4-3-5-15(10-13)27(25,26)23-9-8-16-19(12-24)22(2)18-7-6-14(21)11-17(18)20(16)23/h3-7,10-11,16,19-20,24H,8-9,12H2,1-2H3/t16-,19-,20-/m0/s1. The lowest BCUT2D eigenvalue weighted by molar-refractivity contribution is 0.193. The maximum Gasteiger partial charge on any atom is 0.243 e. The van der Waals surface area contributed by atoms with Crippen LogP contribution in [0.25, 0.3) is 0 Å². The Kier molecular flexibility index (Phi) is 4.83. The monoisotopic (exact) mass is 450 g/mol. The number of benzene rings is 2. The highest BCUT2D eigenvalue weighted by Crippen LogP contribution is 2.50. The lowest BCUT2D eigenvalue weighted by Crippen LogP contribution is -2.48. The fourth-order valence-corrected chi connectivity index (χ4v) is 6.71. The van der Waals surface area contributed by atoms with Crippen LogP contribution in [-0.4, -0.2) is 44.1 Å². The average molecular weight is 451 g/mol. The zero-order valence-corrected chi connectivity index (χ0v) is 17.7. The first kappa shape index (κ1) is 18.9. The zero-order chi connectivity index (χ0) is 19.3. The zero-order valence-electron chi connectivity index (χ0n) is 15.3. The molecule has 5 nitrogen and oxygen atoms in total. The molecule has 0 unspecified atom stereocenters. The molecule has 2 aliphatic rings. The molecule has 4 rings (SSSR count). The quantitative estimate of drug-likeness (QED) is 0.778. The van der Waals surface area contributed by atoms with E-state index in [2.05, 4.69) is 20.8 Å². The maximum atomic E-state index is 13.5. The summed E-state index contributed by atoms with van der Waals surface area (Å²) < 4.78 is 29.5. The lowest BCUT2D eigenvalue weighted by atomic mass is 9.82. The number of halogens is 1. The van der Waals surface area contributed by atoms with E-state index in [1.165, 1.54) is 0 Å². The number of hydrogen-bond donors (Lipinski definition) is 1. The second-order valence-corrected chi connectivity index (χ2v) is 10.2. The second kappa shape index (κ2) is 6.88. The van der Waals surface area contributed by atoms with Crippen molar-refractivity contribution in [3.05, 3.63) is 58.1 Å². The van der Waals surface area contributed by atoms with Crippen LogP contribution in [0.15, 0.2) is 51.8 Å². The SMILES string of the molecule is Cc1cccc(S(=O)(=O)N2CC[C@@H]3[C@H]2c2cc(Br)ccc2N(C)[C@H]3CO)c1. The molecule has 0 aliphatic carbocycles. The Labute approximate surface area is 168 Å². The molecule has 2 aliphatic heterocycles. The summed E-state index contributed by atoms with van der Waals surface area (Å²) in [6.45, 7) is 2.36. The first-order chi connectivity index (χ1) is 12.8. The van der Waals surface area contributed by atoms with Gasteiger partial charge in [0.15, 0.2) is 0 Å². The van der Waals surface area contributed by atoms with Crippen molar-refractivity contribution in [1.29, 1.82) is 0 Å². The molecular weight excluding hydrogens is 428 g/mol. The van der Waals surface area contributed by atoms with E-state index in [1.807, 2.05) is 38.2 Å². The molecule has 2 aromatic carbocycles. The summed E-state index contributed by atoms with van der Waals surface area (Å²) in [5.41, 5.74) is 2.90. The number of anilines is 1. The van der Waals surface area contributed by atoms with Gasteiger partial charge in [-0.3, -0.25) is 0 Å². The van der Waals surface area contributed by atoms with Gasteiger partial charge in [0.05, 0.1) is 23.6 Å². The Hall–Kier alpha value is -1.41.